The Kier molecular flexibility index (Phi) is 2.69. The molecule has 1 fully saturated rings. The fraction of sp³-hybridized carbons (Fsp3) is 0.667. The van der Waals surface area contributed by atoms with Crippen molar-refractivity contribution in [3.63, 3.8) is 0 Å². The molecule has 2 rings (SSSR count). The van der Waals surface area contributed by atoms with E-state index < -0.39 is 0 Å². The summed E-state index contributed by atoms with van der Waals surface area (Å²) in [4.78, 5) is 0. The van der Waals surface area contributed by atoms with Crippen LogP contribution in [0.2, 0.25) is 0 Å². The van der Waals surface area contributed by atoms with E-state index in [1.807, 2.05) is 6.07 Å². The lowest BCUT2D eigenvalue weighted by atomic mass is 10.2. The number of anilines is 1. The molecular formula is C9H15N3O2. The summed E-state index contributed by atoms with van der Waals surface area (Å²) in [5.41, 5.74) is 6.61. The molecule has 1 aromatic rings. The van der Waals surface area contributed by atoms with Crippen LogP contribution in [0, 0.1) is 0 Å². The number of aliphatic hydroxyl groups excluding tert-OH is 1. The summed E-state index contributed by atoms with van der Waals surface area (Å²) in [6.07, 6.45) is 2.18. The lowest BCUT2D eigenvalue weighted by Gasteiger charge is -2.04. The van der Waals surface area contributed by atoms with Gasteiger partial charge in [0.15, 0.2) is 0 Å². The summed E-state index contributed by atoms with van der Waals surface area (Å²) in [6.45, 7) is 1.30. The molecule has 2 heterocycles. The zero-order valence-corrected chi connectivity index (χ0v) is 8.02. The van der Waals surface area contributed by atoms with Crippen LogP contribution in [0.5, 0.6) is 0 Å². The molecule has 1 aliphatic heterocycles. The summed E-state index contributed by atoms with van der Waals surface area (Å²) in [5, 5.41) is 13.1. The minimum absolute atomic E-state index is 0.0524. The molecule has 0 amide bonds. The van der Waals surface area contributed by atoms with Gasteiger partial charge in [-0.25, -0.2) is 4.68 Å². The predicted molar refractivity (Wildman–Crippen MR) is 51.7 cm³/mol. The molecule has 1 aliphatic rings. The van der Waals surface area contributed by atoms with Crippen LogP contribution >= 0.6 is 0 Å². The number of aromatic nitrogens is 2. The van der Waals surface area contributed by atoms with Gasteiger partial charge in [-0.1, -0.05) is 0 Å². The van der Waals surface area contributed by atoms with Gasteiger partial charge >= 0.3 is 0 Å². The number of hydrogen-bond donors (Lipinski definition) is 2. The van der Waals surface area contributed by atoms with E-state index in [4.69, 9.17) is 15.6 Å². The van der Waals surface area contributed by atoms with Crippen LogP contribution in [0.3, 0.4) is 0 Å². The van der Waals surface area contributed by atoms with Crippen molar-refractivity contribution in [2.24, 2.45) is 0 Å². The van der Waals surface area contributed by atoms with Gasteiger partial charge in [0.2, 0.25) is 0 Å². The molecule has 1 aromatic heterocycles. The third kappa shape index (κ3) is 1.73. The van der Waals surface area contributed by atoms with Crippen LogP contribution in [0.25, 0.3) is 0 Å². The fourth-order valence-electron chi connectivity index (χ4n) is 1.69. The van der Waals surface area contributed by atoms with Crippen molar-refractivity contribution in [2.75, 3.05) is 18.9 Å². The molecular weight excluding hydrogens is 182 g/mol. The Morgan fingerprint density at radius 2 is 2.57 bits per heavy atom. The Balaban J connectivity index is 2.14. The summed E-state index contributed by atoms with van der Waals surface area (Å²) in [5.74, 6) is 0.588. The number of nitrogen functional groups attached to an aromatic ring is 1. The lowest BCUT2D eigenvalue weighted by Crippen LogP contribution is -2.08. The van der Waals surface area contributed by atoms with Crippen molar-refractivity contribution in [1.82, 2.24) is 9.78 Å². The van der Waals surface area contributed by atoms with Crippen LogP contribution < -0.4 is 5.73 Å². The van der Waals surface area contributed by atoms with E-state index in [1.165, 1.54) is 0 Å². The van der Waals surface area contributed by atoms with E-state index >= 15 is 0 Å². The third-order valence-electron chi connectivity index (χ3n) is 2.40. The minimum atomic E-state index is 0.0524. The first-order valence-corrected chi connectivity index (χ1v) is 4.87. The number of hydrogen-bond acceptors (Lipinski definition) is 4. The maximum absolute atomic E-state index is 8.77. The number of rotatable bonds is 3. The quantitative estimate of drug-likeness (QED) is 0.731. The van der Waals surface area contributed by atoms with Crippen molar-refractivity contribution in [3.05, 3.63) is 11.8 Å². The Bertz CT molecular complexity index is 305. The normalized spacial score (nSPS) is 21.6. The second-order valence-electron chi connectivity index (χ2n) is 3.44. The Morgan fingerprint density at radius 1 is 1.71 bits per heavy atom. The minimum Gasteiger partial charge on any atom is -0.394 e. The van der Waals surface area contributed by atoms with Gasteiger partial charge in [-0.15, -0.1) is 0 Å². The highest BCUT2D eigenvalue weighted by Crippen LogP contribution is 2.28. The van der Waals surface area contributed by atoms with Crippen LogP contribution in [0.15, 0.2) is 6.07 Å². The van der Waals surface area contributed by atoms with Gasteiger partial charge in [-0.05, 0) is 12.8 Å². The first kappa shape index (κ1) is 9.48. The molecule has 1 saturated heterocycles. The van der Waals surface area contributed by atoms with E-state index in [0.29, 0.717) is 12.4 Å². The van der Waals surface area contributed by atoms with Crippen molar-refractivity contribution >= 4 is 5.82 Å². The molecule has 0 spiro atoms. The maximum Gasteiger partial charge on any atom is 0.122 e. The van der Waals surface area contributed by atoms with Crippen LogP contribution in [0.1, 0.15) is 24.6 Å². The summed E-state index contributed by atoms with van der Waals surface area (Å²) in [7, 11) is 0. The van der Waals surface area contributed by atoms with E-state index in [2.05, 4.69) is 5.10 Å². The molecule has 1 atom stereocenters. The maximum atomic E-state index is 8.77. The molecule has 0 bridgehead atoms. The van der Waals surface area contributed by atoms with Gasteiger partial charge in [0.05, 0.1) is 18.8 Å². The van der Waals surface area contributed by atoms with Gasteiger partial charge in [0, 0.05) is 12.7 Å². The highest BCUT2D eigenvalue weighted by atomic mass is 16.5. The average molecular weight is 197 g/mol. The third-order valence-corrected chi connectivity index (χ3v) is 2.40. The van der Waals surface area contributed by atoms with Gasteiger partial charge in [-0.3, -0.25) is 0 Å². The van der Waals surface area contributed by atoms with Crippen molar-refractivity contribution < 1.29 is 9.84 Å². The zero-order valence-electron chi connectivity index (χ0n) is 8.02. The monoisotopic (exact) mass is 197 g/mol. The van der Waals surface area contributed by atoms with Crippen molar-refractivity contribution in [1.29, 1.82) is 0 Å². The lowest BCUT2D eigenvalue weighted by molar-refractivity contribution is 0.108. The van der Waals surface area contributed by atoms with Gasteiger partial charge in [0.1, 0.15) is 11.9 Å². The molecule has 0 saturated carbocycles. The van der Waals surface area contributed by atoms with Gasteiger partial charge < -0.3 is 15.6 Å². The number of ether oxygens (including phenoxy) is 1. The van der Waals surface area contributed by atoms with Crippen LogP contribution in [0.4, 0.5) is 5.82 Å². The predicted octanol–water partition coefficient (Wildman–Crippen LogP) is 0.309. The van der Waals surface area contributed by atoms with Crippen LogP contribution in [-0.2, 0) is 11.3 Å². The first-order valence-electron chi connectivity index (χ1n) is 4.87. The fourth-order valence-corrected chi connectivity index (χ4v) is 1.69. The van der Waals surface area contributed by atoms with Gasteiger partial charge in [-0.2, -0.15) is 5.10 Å². The Hall–Kier alpha value is -1.07. The SMILES string of the molecule is Nc1cc(C2CCCO2)nn1CCO. The van der Waals surface area contributed by atoms with E-state index in [-0.39, 0.29) is 12.7 Å². The molecule has 3 N–H and O–H groups in total. The largest absolute Gasteiger partial charge is 0.394 e. The van der Waals surface area contributed by atoms with Crippen LogP contribution in [-0.4, -0.2) is 28.1 Å². The molecule has 5 heteroatoms. The van der Waals surface area contributed by atoms with E-state index in [0.717, 1.165) is 25.1 Å². The molecule has 78 valence electrons. The molecule has 0 aliphatic carbocycles. The van der Waals surface area contributed by atoms with Crippen molar-refractivity contribution in [2.45, 2.75) is 25.5 Å². The topological polar surface area (TPSA) is 73.3 Å². The highest BCUT2D eigenvalue weighted by Gasteiger charge is 2.21. The summed E-state index contributed by atoms with van der Waals surface area (Å²) in [6, 6.07) is 1.83. The smallest absolute Gasteiger partial charge is 0.122 e. The first-order chi connectivity index (χ1) is 6.81. The summed E-state index contributed by atoms with van der Waals surface area (Å²) >= 11 is 0. The molecule has 14 heavy (non-hydrogen) atoms. The number of aliphatic hydroxyl groups is 1. The Labute approximate surface area is 82.5 Å². The average Bonchev–Trinajstić information content (AvgIpc) is 2.76. The zero-order chi connectivity index (χ0) is 9.97. The molecule has 5 nitrogen and oxygen atoms in total. The van der Waals surface area contributed by atoms with Crippen molar-refractivity contribution in [3.8, 4) is 0 Å². The Morgan fingerprint density at radius 3 is 3.21 bits per heavy atom. The van der Waals surface area contributed by atoms with Gasteiger partial charge in [0.25, 0.3) is 0 Å². The van der Waals surface area contributed by atoms with E-state index in [1.54, 1.807) is 4.68 Å². The second-order valence-corrected chi connectivity index (χ2v) is 3.44. The summed E-state index contributed by atoms with van der Waals surface area (Å²) < 4.78 is 7.10. The molecule has 1 unspecified atom stereocenters. The second kappa shape index (κ2) is 3.98. The van der Waals surface area contributed by atoms with E-state index in [9.17, 15) is 0 Å². The number of nitrogens with zero attached hydrogens (tertiary/aromatic N) is 2. The molecule has 0 radical (unpaired) electrons. The highest BCUT2D eigenvalue weighted by molar-refractivity contribution is 5.31. The molecule has 0 aromatic carbocycles. The standard InChI is InChI=1S/C9H15N3O2/c10-9-6-7(8-2-1-5-14-8)11-12(9)3-4-13/h6,8,13H,1-5,10H2. The number of nitrogens with two attached hydrogens (primary N) is 1.